The molecule has 1 aliphatic rings. The molecule has 1 fully saturated rings. The van der Waals surface area contributed by atoms with Gasteiger partial charge in [0.15, 0.2) is 8.68 Å². The molecule has 5 nitrogen and oxygen atoms in total. The highest BCUT2D eigenvalue weighted by atomic mass is 35.5. The molecule has 0 unspecified atom stereocenters. The molecule has 0 radical (unpaired) electrons. The Hall–Kier alpha value is -0.210. The fourth-order valence-electron chi connectivity index (χ4n) is 2.17. The summed E-state index contributed by atoms with van der Waals surface area (Å²) in [4.78, 5) is 6.14. The van der Waals surface area contributed by atoms with Crippen molar-refractivity contribution in [3.63, 3.8) is 0 Å². The summed E-state index contributed by atoms with van der Waals surface area (Å²) >= 11 is 6.64. The number of nitrogens with one attached hydrogen (secondary N) is 1. The number of hydrogen-bond acceptors (Lipinski definition) is 5. The Morgan fingerprint density at radius 1 is 1.53 bits per heavy atom. The van der Waals surface area contributed by atoms with Crippen molar-refractivity contribution in [1.82, 2.24) is 14.6 Å². The molecule has 1 aliphatic heterocycles. The average molecular weight is 324 g/mol. The third-order valence-corrected chi connectivity index (χ3v) is 6.44. The number of hydrogen-bond donors (Lipinski definition) is 1. The summed E-state index contributed by atoms with van der Waals surface area (Å²) in [7, 11) is -3.45. The monoisotopic (exact) mass is 323 g/mol. The Morgan fingerprint density at radius 2 is 2.21 bits per heavy atom. The second-order valence-corrected chi connectivity index (χ2v) is 8.27. The minimum atomic E-state index is -3.45. The van der Waals surface area contributed by atoms with E-state index >= 15 is 0 Å². The molecule has 1 N–H and O–H groups in total. The summed E-state index contributed by atoms with van der Waals surface area (Å²) in [6.45, 7) is 5.81. The fraction of sp³-hybridized carbons (Fsp3) is 0.727. The van der Waals surface area contributed by atoms with Gasteiger partial charge in [0.2, 0.25) is 0 Å². The minimum Gasteiger partial charge on any atom is -0.304 e. The summed E-state index contributed by atoms with van der Waals surface area (Å²) in [6.07, 6.45) is 3.38. The predicted octanol–water partition coefficient (Wildman–Crippen LogP) is 1.81. The zero-order valence-corrected chi connectivity index (χ0v) is 13.2. The number of piperidine rings is 1. The van der Waals surface area contributed by atoms with Gasteiger partial charge in [-0.1, -0.05) is 29.9 Å². The van der Waals surface area contributed by atoms with E-state index in [1.54, 1.807) is 0 Å². The normalized spacial score (nSPS) is 18.8. The van der Waals surface area contributed by atoms with E-state index in [9.17, 15) is 8.42 Å². The van der Waals surface area contributed by atoms with Crippen LogP contribution in [0.5, 0.6) is 0 Å². The number of thiazole rings is 1. The third kappa shape index (κ3) is 4.13. The molecular weight excluding hydrogens is 306 g/mol. The maximum Gasteiger partial charge on any atom is 0.251 e. The smallest absolute Gasteiger partial charge is 0.251 e. The summed E-state index contributed by atoms with van der Waals surface area (Å²) in [5.41, 5.74) is 0. The summed E-state index contributed by atoms with van der Waals surface area (Å²) in [5, 5.41) is 0. The van der Waals surface area contributed by atoms with Gasteiger partial charge in [-0.15, -0.1) is 0 Å². The first-order valence-corrected chi connectivity index (χ1v) is 9.02. The lowest BCUT2D eigenvalue weighted by molar-refractivity contribution is 0.194. The van der Waals surface area contributed by atoms with Crippen molar-refractivity contribution in [1.29, 1.82) is 0 Å². The van der Waals surface area contributed by atoms with Gasteiger partial charge < -0.3 is 4.90 Å². The standard InChI is InChI=1S/C11H18ClN3O2S2/c1-2-15-5-3-9(4-6-15)7-14-19(16,17)10-8-13-11(12)18-10/h8-9,14H,2-7H2,1H3. The molecule has 19 heavy (non-hydrogen) atoms. The highest BCUT2D eigenvalue weighted by molar-refractivity contribution is 7.91. The number of rotatable bonds is 5. The zero-order chi connectivity index (χ0) is 13.9. The second kappa shape index (κ2) is 6.49. The van der Waals surface area contributed by atoms with Crippen LogP contribution in [-0.4, -0.2) is 44.5 Å². The van der Waals surface area contributed by atoms with E-state index < -0.39 is 10.0 Å². The van der Waals surface area contributed by atoms with Gasteiger partial charge in [0, 0.05) is 6.54 Å². The van der Waals surface area contributed by atoms with Gasteiger partial charge in [-0.2, -0.15) is 0 Å². The van der Waals surface area contributed by atoms with Gasteiger partial charge >= 0.3 is 0 Å². The molecule has 0 saturated carbocycles. The van der Waals surface area contributed by atoms with E-state index in [2.05, 4.69) is 21.5 Å². The first-order valence-electron chi connectivity index (χ1n) is 6.34. The molecule has 1 aromatic rings. The molecule has 0 bridgehead atoms. The molecule has 0 aromatic carbocycles. The Labute approximate surface area is 123 Å². The summed E-state index contributed by atoms with van der Waals surface area (Å²) in [6, 6.07) is 0. The molecule has 1 saturated heterocycles. The zero-order valence-electron chi connectivity index (χ0n) is 10.8. The number of aromatic nitrogens is 1. The summed E-state index contributed by atoms with van der Waals surface area (Å²) < 4.78 is 27.1. The van der Waals surface area contributed by atoms with E-state index in [0.29, 0.717) is 12.5 Å². The van der Waals surface area contributed by atoms with Crippen LogP contribution in [0.4, 0.5) is 0 Å². The Balaban J connectivity index is 1.85. The van der Waals surface area contributed by atoms with Crippen LogP contribution in [0.1, 0.15) is 19.8 Å². The first kappa shape index (κ1) is 15.2. The highest BCUT2D eigenvalue weighted by Gasteiger charge is 2.22. The second-order valence-electron chi connectivity index (χ2n) is 4.66. The van der Waals surface area contributed by atoms with Crippen molar-refractivity contribution >= 4 is 33.0 Å². The van der Waals surface area contributed by atoms with Gasteiger partial charge in [0.1, 0.15) is 0 Å². The molecule has 2 heterocycles. The SMILES string of the molecule is CCN1CCC(CNS(=O)(=O)c2cnc(Cl)s2)CC1. The van der Waals surface area contributed by atoms with Crippen molar-refractivity contribution in [2.75, 3.05) is 26.2 Å². The van der Waals surface area contributed by atoms with Crippen LogP contribution in [0, 0.1) is 5.92 Å². The van der Waals surface area contributed by atoms with Gasteiger partial charge in [-0.25, -0.2) is 18.1 Å². The van der Waals surface area contributed by atoms with E-state index in [4.69, 9.17) is 11.6 Å². The van der Waals surface area contributed by atoms with E-state index in [0.717, 1.165) is 43.8 Å². The molecule has 0 spiro atoms. The van der Waals surface area contributed by atoms with Gasteiger partial charge in [0.25, 0.3) is 10.0 Å². The number of sulfonamides is 1. The first-order chi connectivity index (χ1) is 9.01. The molecule has 0 aliphatic carbocycles. The number of nitrogens with zero attached hydrogens (tertiary/aromatic N) is 2. The summed E-state index contributed by atoms with van der Waals surface area (Å²) in [5.74, 6) is 0.418. The predicted molar refractivity (Wildman–Crippen MR) is 77.2 cm³/mol. The maximum absolute atomic E-state index is 12.0. The van der Waals surface area contributed by atoms with E-state index in [1.807, 2.05) is 0 Å². The third-order valence-electron chi connectivity index (χ3n) is 3.44. The molecule has 0 atom stereocenters. The van der Waals surface area contributed by atoms with Crippen LogP contribution >= 0.6 is 22.9 Å². The van der Waals surface area contributed by atoms with Crippen molar-refractivity contribution in [3.05, 3.63) is 10.7 Å². The molecule has 0 amide bonds. The molecule has 1 aromatic heterocycles. The van der Waals surface area contributed by atoms with Crippen molar-refractivity contribution < 1.29 is 8.42 Å². The highest BCUT2D eigenvalue weighted by Crippen LogP contribution is 2.23. The Kier molecular flexibility index (Phi) is 5.19. The topological polar surface area (TPSA) is 62.3 Å². The van der Waals surface area contributed by atoms with Gasteiger partial charge in [-0.05, 0) is 38.4 Å². The van der Waals surface area contributed by atoms with E-state index in [-0.39, 0.29) is 8.68 Å². The van der Waals surface area contributed by atoms with Crippen molar-refractivity contribution in [3.8, 4) is 0 Å². The molecule has 8 heteroatoms. The largest absolute Gasteiger partial charge is 0.304 e. The lowest BCUT2D eigenvalue weighted by Gasteiger charge is -2.30. The van der Waals surface area contributed by atoms with Gasteiger partial charge in [0.05, 0.1) is 6.20 Å². The Bertz CT molecular complexity index is 510. The van der Waals surface area contributed by atoms with Crippen molar-refractivity contribution in [2.45, 2.75) is 24.0 Å². The van der Waals surface area contributed by atoms with Gasteiger partial charge in [-0.3, -0.25) is 0 Å². The number of halogens is 1. The lowest BCUT2D eigenvalue weighted by Crippen LogP contribution is -2.38. The fourth-order valence-corrected chi connectivity index (χ4v) is 4.62. The molecule has 2 rings (SSSR count). The van der Waals surface area contributed by atoms with Crippen LogP contribution in [0.25, 0.3) is 0 Å². The average Bonchev–Trinajstić information content (AvgIpc) is 2.85. The van der Waals surface area contributed by atoms with Crippen molar-refractivity contribution in [2.24, 2.45) is 5.92 Å². The van der Waals surface area contributed by atoms with Crippen LogP contribution < -0.4 is 4.72 Å². The lowest BCUT2D eigenvalue weighted by atomic mass is 9.97. The minimum absolute atomic E-state index is 0.184. The number of likely N-dealkylation sites (tertiary alicyclic amines) is 1. The molecule has 108 valence electrons. The van der Waals surface area contributed by atoms with Crippen LogP contribution in [0.15, 0.2) is 10.4 Å². The maximum atomic E-state index is 12.0. The van der Waals surface area contributed by atoms with Crippen LogP contribution in [0.2, 0.25) is 4.47 Å². The quantitative estimate of drug-likeness (QED) is 0.897. The Morgan fingerprint density at radius 3 is 2.74 bits per heavy atom. The van der Waals surface area contributed by atoms with Crippen LogP contribution in [0.3, 0.4) is 0 Å². The van der Waals surface area contributed by atoms with Crippen LogP contribution in [-0.2, 0) is 10.0 Å². The van der Waals surface area contributed by atoms with E-state index in [1.165, 1.54) is 6.20 Å². The molecular formula is C11H18ClN3O2S2.